The van der Waals surface area contributed by atoms with Crippen molar-refractivity contribution in [2.45, 2.75) is 44.2 Å². The zero-order valence-electron chi connectivity index (χ0n) is 9.14. The van der Waals surface area contributed by atoms with Crippen LogP contribution in [0.4, 0.5) is 0 Å². The number of nitrogens with one attached hydrogen (secondary N) is 2. The van der Waals surface area contributed by atoms with E-state index in [4.69, 9.17) is 4.74 Å². The Hall–Kier alpha value is -0.120. The quantitative estimate of drug-likeness (QED) is 0.704. The summed E-state index contributed by atoms with van der Waals surface area (Å²) in [7, 11) is 0. The minimum Gasteiger partial charge on any atom is -0.374 e. The lowest BCUT2D eigenvalue weighted by molar-refractivity contribution is 0.0181. The van der Waals surface area contributed by atoms with E-state index in [0.29, 0.717) is 11.6 Å². The molecule has 0 aromatic rings. The summed E-state index contributed by atoms with van der Waals surface area (Å²) < 4.78 is 5.66. The maximum Gasteiger partial charge on any atom is 0.0824 e. The van der Waals surface area contributed by atoms with E-state index in [1.165, 1.54) is 25.7 Å². The zero-order chi connectivity index (χ0) is 9.86. The summed E-state index contributed by atoms with van der Waals surface area (Å²) in [6.45, 7) is 6.18. The largest absolute Gasteiger partial charge is 0.374 e. The standard InChI is InChI=1S/C11H22N2O/c1-2-11(4-3-5-11)13-9-10-8-12-6-7-14-10/h10,12-13H,2-9H2,1H3. The molecule has 2 rings (SSSR count). The van der Waals surface area contributed by atoms with Gasteiger partial charge in [0.25, 0.3) is 0 Å². The molecular formula is C11H22N2O. The first-order valence-electron chi connectivity index (χ1n) is 5.92. The number of rotatable bonds is 4. The second kappa shape index (κ2) is 4.60. The fourth-order valence-electron chi connectivity index (χ4n) is 2.34. The second-order valence-corrected chi connectivity index (χ2v) is 4.57. The first-order valence-corrected chi connectivity index (χ1v) is 5.92. The van der Waals surface area contributed by atoms with Gasteiger partial charge in [0.15, 0.2) is 0 Å². The van der Waals surface area contributed by atoms with E-state index in [0.717, 1.165) is 26.2 Å². The average Bonchev–Trinajstić information content (AvgIpc) is 2.19. The van der Waals surface area contributed by atoms with E-state index in [1.807, 2.05) is 0 Å². The first kappa shape index (κ1) is 10.4. The summed E-state index contributed by atoms with van der Waals surface area (Å²) >= 11 is 0. The molecule has 1 aliphatic carbocycles. The molecule has 2 fully saturated rings. The number of hydrogen-bond donors (Lipinski definition) is 2. The van der Waals surface area contributed by atoms with Crippen molar-refractivity contribution in [3.05, 3.63) is 0 Å². The Labute approximate surface area is 86.6 Å². The minimum absolute atomic E-state index is 0.382. The van der Waals surface area contributed by atoms with E-state index in [9.17, 15) is 0 Å². The van der Waals surface area contributed by atoms with Crippen molar-refractivity contribution in [3.63, 3.8) is 0 Å². The Bertz CT molecular complexity index is 169. The van der Waals surface area contributed by atoms with Crippen LogP contribution in [0.2, 0.25) is 0 Å². The maximum absolute atomic E-state index is 5.66. The average molecular weight is 198 g/mol. The topological polar surface area (TPSA) is 33.3 Å². The summed E-state index contributed by atoms with van der Waals surface area (Å²) in [5.41, 5.74) is 0.459. The van der Waals surface area contributed by atoms with Crippen LogP contribution in [0, 0.1) is 0 Å². The third-order valence-corrected chi connectivity index (χ3v) is 3.70. The van der Waals surface area contributed by atoms with Gasteiger partial charge < -0.3 is 15.4 Å². The third-order valence-electron chi connectivity index (χ3n) is 3.70. The van der Waals surface area contributed by atoms with Crippen molar-refractivity contribution < 1.29 is 4.74 Å². The van der Waals surface area contributed by atoms with Crippen molar-refractivity contribution in [1.29, 1.82) is 0 Å². The Morgan fingerprint density at radius 1 is 1.50 bits per heavy atom. The first-order chi connectivity index (χ1) is 6.85. The highest BCUT2D eigenvalue weighted by atomic mass is 16.5. The smallest absolute Gasteiger partial charge is 0.0824 e. The van der Waals surface area contributed by atoms with Crippen molar-refractivity contribution in [1.82, 2.24) is 10.6 Å². The van der Waals surface area contributed by atoms with Gasteiger partial charge in [-0.1, -0.05) is 6.92 Å². The molecule has 1 atom stereocenters. The number of ether oxygens (including phenoxy) is 1. The van der Waals surface area contributed by atoms with E-state index in [2.05, 4.69) is 17.6 Å². The van der Waals surface area contributed by atoms with Crippen molar-refractivity contribution >= 4 is 0 Å². The van der Waals surface area contributed by atoms with Crippen molar-refractivity contribution in [3.8, 4) is 0 Å². The predicted octanol–water partition coefficient (Wildman–Crippen LogP) is 0.897. The molecule has 1 unspecified atom stereocenters. The van der Waals surface area contributed by atoms with E-state index in [-0.39, 0.29) is 0 Å². The zero-order valence-corrected chi connectivity index (χ0v) is 9.14. The molecule has 1 heterocycles. The second-order valence-electron chi connectivity index (χ2n) is 4.57. The predicted molar refractivity (Wildman–Crippen MR) is 57.5 cm³/mol. The Kier molecular flexibility index (Phi) is 3.42. The van der Waals surface area contributed by atoms with E-state index >= 15 is 0 Å². The van der Waals surface area contributed by atoms with Gasteiger partial charge in [0, 0.05) is 25.2 Å². The molecule has 2 aliphatic rings. The highest BCUT2D eigenvalue weighted by Gasteiger charge is 2.34. The van der Waals surface area contributed by atoms with Crippen molar-refractivity contribution in [2.75, 3.05) is 26.2 Å². The number of hydrogen-bond acceptors (Lipinski definition) is 3. The fraction of sp³-hybridized carbons (Fsp3) is 1.00. The highest BCUT2D eigenvalue weighted by molar-refractivity contribution is 4.95. The Morgan fingerprint density at radius 3 is 2.86 bits per heavy atom. The normalized spacial score (nSPS) is 31.1. The SMILES string of the molecule is CCC1(NCC2CNCCO2)CCC1. The molecule has 0 aromatic heterocycles. The van der Waals surface area contributed by atoms with Crippen LogP contribution in [-0.4, -0.2) is 37.9 Å². The lowest BCUT2D eigenvalue weighted by atomic mass is 9.75. The molecule has 1 saturated heterocycles. The Balaban J connectivity index is 1.69. The van der Waals surface area contributed by atoms with Gasteiger partial charge in [-0.3, -0.25) is 0 Å². The van der Waals surface area contributed by atoms with Crippen LogP contribution in [0.5, 0.6) is 0 Å². The molecular weight excluding hydrogens is 176 g/mol. The molecule has 82 valence electrons. The molecule has 14 heavy (non-hydrogen) atoms. The van der Waals surface area contributed by atoms with Crippen LogP contribution in [-0.2, 0) is 4.74 Å². The van der Waals surface area contributed by atoms with Crippen LogP contribution < -0.4 is 10.6 Å². The van der Waals surface area contributed by atoms with Gasteiger partial charge in [0.05, 0.1) is 12.7 Å². The maximum atomic E-state index is 5.66. The minimum atomic E-state index is 0.382. The summed E-state index contributed by atoms with van der Waals surface area (Å²) in [6, 6.07) is 0. The van der Waals surface area contributed by atoms with Gasteiger partial charge in [-0.05, 0) is 25.7 Å². The van der Waals surface area contributed by atoms with Gasteiger partial charge in [-0.2, -0.15) is 0 Å². The molecule has 0 radical (unpaired) electrons. The number of morpholine rings is 1. The van der Waals surface area contributed by atoms with Gasteiger partial charge in [0.1, 0.15) is 0 Å². The lowest BCUT2D eigenvalue weighted by Gasteiger charge is -2.43. The van der Waals surface area contributed by atoms with Gasteiger partial charge in [-0.25, -0.2) is 0 Å². The fourth-order valence-corrected chi connectivity index (χ4v) is 2.34. The monoisotopic (exact) mass is 198 g/mol. The molecule has 0 amide bonds. The molecule has 0 bridgehead atoms. The summed E-state index contributed by atoms with van der Waals surface area (Å²) in [5.74, 6) is 0. The summed E-state index contributed by atoms with van der Waals surface area (Å²) in [6.07, 6.45) is 5.73. The van der Waals surface area contributed by atoms with Crippen molar-refractivity contribution in [2.24, 2.45) is 0 Å². The summed E-state index contributed by atoms with van der Waals surface area (Å²) in [5, 5.41) is 7.05. The van der Waals surface area contributed by atoms with Crippen LogP contribution in [0.1, 0.15) is 32.6 Å². The Morgan fingerprint density at radius 2 is 2.36 bits per heavy atom. The molecule has 0 aromatic carbocycles. The van der Waals surface area contributed by atoms with Crippen LogP contribution in [0.15, 0.2) is 0 Å². The van der Waals surface area contributed by atoms with E-state index < -0.39 is 0 Å². The van der Waals surface area contributed by atoms with Gasteiger partial charge >= 0.3 is 0 Å². The van der Waals surface area contributed by atoms with E-state index in [1.54, 1.807) is 0 Å². The molecule has 3 heteroatoms. The molecule has 1 saturated carbocycles. The molecule has 2 N–H and O–H groups in total. The molecule has 0 spiro atoms. The third kappa shape index (κ3) is 2.27. The van der Waals surface area contributed by atoms with Gasteiger partial charge in [-0.15, -0.1) is 0 Å². The van der Waals surface area contributed by atoms with Crippen LogP contribution in [0.25, 0.3) is 0 Å². The van der Waals surface area contributed by atoms with Gasteiger partial charge in [0.2, 0.25) is 0 Å². The molecule has 3 nitrogen and oxygen atoms in total. The van der Waals surface area contributed by atoms with Crippen LogP contribution in [0.3, 0.4) is 0 Å². The highest BCUT2D eigenvalue weighted by Crippen LogP contribution is 2.34. The molecule has 1 aliphatic heterocycles. The summed E-state index contributed by atoms with van der Waals surface area (Å²) in [4.78, 5) is 0. The van der Waals surface area contributed by atoms with Crippen LogP contribution >= 0.6 is 0 Å². The lowest BCUT2D eigenvalue weighted by Crippen LogP contribution is -2.55.